The number of hydrogen-bond donors (Lipinski definition) is 1. The number of amides is 1. The lowest BCUT2D eigenvalue weighted by atomic mass is 9.83. The fourth-order valence-corrected chi connectivity index (χ4v) is 4.73. The number of anilines is 1. The maximum Gasteiger partial charge on any atom is 0.344 e. The number of allylic oxidation sites excluding steroid dienone is 2. The zero-order valence-electron chi connectivity index (χ0n) is 12.0. The predicted octanol–water partition coefficient (Wildman–Crippen LogP) is 1.60. The van der Waals surface area contributed by atoms with Crippen molar-refractivity contribution in [1.82, 2.24) is 0 Å². The minimum Gasteiger partial charge on any atom is -0.409 e. The maximum atomic E-state index is 12.9. The molecule has 5 nitrogen and oxygen atoms in total. The van der Waals surface area contributed by atoms with E-state index in [9.17, 15) is 14.7 Å². The van der Waals surface area contributed by atoms with Gasteiger partial charge < -0.3 is 9.84 Å². The second kappa shape index (κ2) is 3.60. The first kappa shape index (κ1) is 12.4. The second-order valence-electron chi connectivity index (χ2n) is 6.74. The van der Waals surface area contributed by atoms with Gasteiger partial charge >= 0.3 is 11.9 Å². The van der Waals surface area contributed by atoms with Crippen LogP contribution in [0.1, 0.15) is 22.3 Å². The highest BCUT2D eigenvalue weighted by Gasteiger charge is 2.70. The molecule has 112 valence electrons. The van der Waals surface area contributed by atoms with Crippen molar-refractivity contribution in [1.29, 1.82) is 0 Å². The van der Waals surface area contributed by atoms with E-state index in [0.717, 1.165) is 12.0 Å². The van der Waals surface area contributed by atoms with Crippen molar-refractivity contribution in [2.45, 2.75) is 19.3 Å². The number of hydrogen-bond acceptors (Lipinski definition) is 4. The summed E-state index contributed by atoms with van der Waals surface area (Å²) in [5, 5.41) is 11.1. The number of ether oxygens (including phenoxy) is 1. The van der Waals surface area contributed by atoms with E-state index in [2.05, 4.69) is 6.08 Å². The molecule has 1 saturated heterocycles. The Morgan fingerprint density at radius 2 is 2.05 bits per heavy atom. The van der Waals surface area contributed by atoms with Crippen LogP contribution < -0.4 is 4.90 Å². The van der Waals surface area contributed by atoms with Crippen molar-refractivity contribution >= 4 is 17.6 Å². The molecule has 1 aromatic rings. The number of aliphatic hydroxyl groups is 1. The summed E-state index contributed by atoms with van der Waals surface area (Å²) in [7, 11) is 0. The zero-order chi connectivity index (χ0) is 15.2. The van der Waals surface area contributed by atoms with Crippen molar-refractivity contribution in [2.24, 2.45) is 23.7 Å². The van der Waals surface area contributed by atoms with Crippen LogP contribution in [-0.4, -0.2) is 22.9 Å². The highest BCUT2D eigenvalue weighted by atomic mass is 16.7. The van der Waals surface area contributed by atoms with Crippen molar-refractivity contribution < 1.29 is 19.4 Å². The molecule has 2 heterocycles. The molecule has 4 aliphatic rings. The van der Waals surface area contributed by atoms with Gasteiger partial charge in [0.2, 0.25) is 5.91 Å². The Morgan fingerprint density at radius 3 is 2.86 bits per heavy atom. The summed E-state index contributed by atoms with van der Waals surface area (Å²) >= 11 is 0. The quantitative estimate of drug-likeness (QED) is 0.583. The summed E-state index contributed by atoms with van der Waals surface area (Å²) in [4.78, 5) is 26.6. The first-order valence-electron chi connectivity index (χ1n) is 7.59. The Bertz CT molecular complexity index is 770. The monoisotopic (exact) mass is 297 g/mol. The van der Waals surface area contributed by atoms with E-state index in [4.69, 9.17) is 4.74 Å². The molecule has 0 unspecified atom stereocenters. The average molecular weight is 297 g/mol. The van der Waals surface area contributed by atoms with Crippen LogP contribution in [0.2, 0.25) is 0 Å². The lowest BCUT2D eigenvalue weighted by Gasteiger charge is -2.41. The number of rotatable bonds is 0. The number of nitrogens with zero attached hydrogens (tertiary/aromatic N) is 1. The van der Waals surface area contributed by atoms with Crippen molar-refractivity contribution in [3.63, 3.8) is 0 Å². The largest absolute Gasteiger partial charge is 0.409 e. The van der Waals surface area contributed by atoms with Crippen LogP contribution >= 0.6 is 0 Å². The molecule has 5 atom stereocenters. The smallest absolute Gasteiger partial charge is 0.344 e. The molecule has 1 amide bonds. The molecule has 0 radical (unpaired) electrons. The van der Waals surface area contributed by atoms with Gasteiger partial charge in [0.25, 0.3) is 0 Å². The van der Waals surface area contributed by atoms with Crippen LogP contribution in [0, 0.1) is 30.6 Å². The maximum absolute atomic E-state index is 12.9. The molecule has 5 rings (SSSR count). The van der Waals surface area contributed by atoms with E-state index in [-0.39, 0.29) is 29.6 Å². The summed E-state index contributed by atoms with van der Waals surface area (Å²) in [6.45, 7) is 1.87. The van der Waals surface area contributed by atoms with Crippen LogP contribution in [0.5, 0.6) is 0 Å². The van der Waals surface area contributed by atoms with Crippen LogP contribution in [-0.2, 0) is 9.53 Å². The molecule has 2 bridgehead atoms. The van der Waals surface area contributed by atoms with Gasteiger partial charge in [0, 0.05) is 0 Å². The van der Waals surface area contributed by atoms with Gasteiger partial charge in [0.1, 0.15) is 0 Å². The summed E-state index contributed by atoms with van der Waals surface area (Å²) in [6.07, 6.45) is 4.96. The Morgan fingerprint density at radius 1 is 1.27 bits per heavy atom. The van der Waals surface area contributed by atoms with Gasteiger partial charge in [-0.3, -0.25) is 4.79 Å². The number of benzene rings is 1. The summed E-state index contributed by atoms with van der Waals surface area (Å²) in [6, 6.07) is 5.27. The third-order valence-electron chi connectivity index (χ3n) is 5.58. The highest BCUT2D eigenvalue weighted by molar-refractivity contribution is 6.08. The van der Waals surface area contributed by atoms with Gasteiger partial charge in [-0.05, 0) is 37.3 Å². The third kappa shape index (κ3) is 1.21. The number of carbonyl (C=O) groups is 2. The van der Waals surface area contributed by atoms with E-state index in [1.54, 1.807) is 12.1 Å². The minimum atomic E-state index is -1.84. The average Bonchev–Trinajstić information content (AvgIpc) is 3.13. The SMILES string of the molecule is Cc1ccc2c(c1)C(=O)O[C@]1(O)[C@@H]3[C@@H](C(=O)N21)[C@H]1C=C[C@@H]3C1. The normalized spacial score (nSPS) is 40.5. The molecule has 1 aromatic carbocycles. The number of aryl methyl sites for hydroxylation is 1. The second-order valence-corrected chi connectivity index (χ2v) is 6.74. The zero-order valence-corrected chi connectivity index (χ0v) is 12.0. The van der Waals surface area contributed by atoms with E-state index in [1.165, 1.54) is 4.90 Å². The molecule has 0 spiro atoms. The Labute approximate surface area is 127 Å². The number of esters is 1. The van der Waals surface area contributed by atoms with Gasteiger partial charge in [-0.2, -0.15) is 0 Å². The molecule has 2 aliphatic heterocycles. The van der Waals surface area contributed by atoms with E-state index >= 15 is 0 Å². The van der Waals surface area contributed by atoms with Crippen LogP contribution in [0.15, 0.2) is 30.4 Å². The lowest BCUT2D eigenvalue weighted by Crippen LogP contribution is -2.57. The van der Waals surface area contributed by atoms with Gasteiger partial charge in [-0.25, -0.2) is 9.69 Å². The molecular formula is C17H15NO4. The first-order valence-corrected chi connectivity index (χ1v) is 7.59. The molecule has 1 N–H and O–H groups in total. The van der Waals surface area contributed by atoms with Crippen LogP contribution in [0.25, 0.3) is 0 Å². The molecule has 5 heteroatoms. The molecule has 0 aromatic heterocycles. The number of carbonyl (C=O) groups excluding carboxylic acids is 2. The van der Waals surface area contributed by atoms with Crippen molar-refractivity contribution in [3.8, 4) is 0 Å². The van der Waals surface area contributed by atoms with Crippen LogP contribution in [0.4, 0.5) is 5.69 Å². The van der Waals surface area contributed by atoms with E-state index in [1.807, 2.05) is 19.1 Å². The molecule has 22 heavy (non-hydrogen) atoms. The molecular weight excluding hydrogens is 282 g/mol. The summed E-state index contributed by atoms with van der Waals surface area (Å²) in [5.41, 5.74) is 1.72. The van der Waals surface area contributed by atoms with Gasteiger partial charge in [-0.15, -0.1) is 0 Å². The topological polar surface area (TPSA) is 66.8 Å². The predicted molar refractivity (Wildman–Crippen MR) is 76.7 cm³/mol. The van der Waals surface area contributed by atoms with E-state index in [0.29, 0.717) is 11.3 Å². The third-order valence-corrected chi connectivity index (χ3v) is 5.58. The van der Waals surface area contributed by atoms with Gasteiger partial charge in [0.05, 0.1) is 23.1 Å². The molecule has 1 saturated carbocycles. The van der Waals surface area contributed by atoms with Crippen molar-refractivity contribution in [3.05, 3.63) is 41.5 Å². The Kier molecular flexibility index (Phi) is 2.03. The summed E-state index contributed by atoms with van der Waals surface area (Å²) < 4.78 is 5.40. The highest BCUT2D eigenvalue weighted by Crippen LogP contribution is 2.60. The summed E-state index contributed by atoms with van der Waals surface area (Å²) in [5.74, 6) is -2.96. The standard InChI is InChI=1S/C17H15NO4/c1-8-2-5-12-11(6-8)16(20)22-17(21)14-10-4-3-9(7-10)13(14)15(19)18(12)17/h2-6,9-10,13-14,21H,7H2,1H3/t9-,10+,13-,14-,17+/m0/s1. The number of fused-ring (bicyclic) bond motifs is 9. The van der Waals surface area contributed by atoms with Gasteiger partial charge in [0.15, 0.2) is 0 Å². The van der Waals surface area contributed by atoms with Gasteiger partial charge in [-0.1, -0.05) is 23.8 Å². The lowest BCUT2D eigenvalue weighted by molar-refractivity contribution is -0.196. The fourth-order valence-electron chi connectivity index (χ4n) is 4.73. The minimum absolute atomic E-state index is 0.0914. The van der Waals surface area contributed by atoms with Crippen LogP contribution in [0.3, 0.4) is 0 Å². The first-order chi connectivity index (χ1) is 10.5. The van der Waals surface area contributed by atoms with E-state index < -0.39 is 11.9 Å². The van der Waals surface area contributed by atoms with Crippen molar-refractivity contribution in [2.75, 3.05) is 4.90 Å². The Hall–Kier alpha value is -2.14. The molecule has 2 aliphatic carbocycles. The Balaban J connectivity index is 1.73. The molecule has 2 fully saturated rings. The fraction of sp³-hybridized carbons (Fsp3) is 0.412.